The van der Waals surface area contributed by atoms with E-state index in [2.05, 4.69) is 45.9 Å². The van der Waals surface area contributed by atoms with Crippen LogP contribution in [0.1, 0.15) is 67.6 Å². The fraction of sp³-hybridized carbons (Fsp3) is 0.321. The van der Waals surface area contributed by atoms with Crippen LogP contribution in [-0.4, -0.2) is 11.1 Å². The molecule has 0 fully saturated rings. The summed E-state index contributed by atoms with van der Waals surface area (Å²) in [5, 5.41) is 9.42. The Hall–Kier alpha value is -3.07. The Morgan fingerprint density at radius 3 is 2.23 bits per heavy atom. The Labute approximate surface area is 184 Å². The van der Waals surface area contributed by atoms with E-state index in [9.17, 15) is 9.90 Å². The summed E-state index contributed by atoms with van der Waals surface area (Å²) in [5.74, 6) is -0.253. The van der Waals surface area contributed by atoms with E-state index in [0.717, 1.165) is 16.7 Å². The highest BCUT2D eigenvalue weighted by Gasteiger charge is 2.36. The maximum absolute atomic E-state index is 11.5. The lowest BCUT2D eigenvalue weighted by molar-refractivity contribution is 0.0697. The van der Waals surface area contributed by atoms with E-state index >= 15 is 0 Å². The minimum Gasteiger partial charge on any atom is -0.488 e. The van der Waals surface area contributed by atoms with Gasteiger partial charge >= 0.3 is 5.97 Å². The molecule has 3 nitrogen and oxygen atoms in total. The zero-order chi connectivity index (χ0) is 22.2. The quantitative estimate of drug-likeness (QED) is 0.490. The summed E-state index contributed by atoms with van der Waals surface area (Å²) in [5.41, 5.74) is 6.30. The van der Waals surface area contributed by atoms with Crippen molar-refractivity contribution in [2.24, 2.45) is 0 Å². The number of hydrogen-bond donors (Lipinski definition) is 1. The van der Waals surface area contributed by atoms with Crippen LogP contribution in [0.15, 0.2) is 66.7 Å². The van der Waals surface area contributed by atoms with Gasteiger partial charge in [0.15, 0.2) is 0 Å². The first-order valence-corrected chi connectivity index (χ1v) is 10.9. The second kappa shape index (κ2) is 7.88. The first-order chi connectivity index (χ1) is 14.7. The predicted molar refractivity (Wildman–Crippen MR) is 125 cm³/mol. The molecule has 0 aliphatic heterocycles. The topological polar surface area (TPSA) is 46.5 Å². The summed E-state index contributed by atoms with van der Waals surface area (Å²) in [6, 6.07) is 21.5. The number of hydrogen-bond acceptors (Lipinski definition) is 2. The molecule has 1 N–H and O–H groups in total. The molecule has 0 amide bonds. The summed E-state index contributed by atoms with van der Waals surface area (Å²) in [6.45, 7) is 9.74. The number of carboxylic acids is 1. The van der Waals surface area contributed by atoms with E-state index in [4.69, 9.17) is 4.74 Å². The summed E-state index contributed by atoms with van der Waals surface area (Å²) >= 11 is 0. The van der Waals surface area contributed by atoms with Gasteiger partial charge in [-0.05, 0) is 64.1 Å². The van der Waals surface area contributed by atoms with Crippen LogP contribution >= 0.6 is 0 Å². The minimum absolute atomic E-state index is 0.152. The summed E-state index contributed by atoms with van der Waals surface area (Å²) in [4.78, 5) is 11.5. The highest BCUT2D eigenvalue weighted by molar-refractivity contribution is 5.90. The number of benzene rings is 3. The molecule has 1 aliphatic carbocycles. The van der Waals surface area contributed by atoms with Crippen molar-refractivity contribution in [3.63, 3.8) is 0 Å². The predicted octanol–water partition coefficient (Wildman–Crippen LogP) is 6.98. The number of ether oxygens (including phenoxy) is 1. The molecule has 31 heavy (non-hydrogen) atoms. The molecule has 0 atom stereocenters. The summed E-state index contributed by atoms with van der Waals surface area (Å²) in [7, 11) is 0. The molecule has 0 radical (unpaired) electrons. The lowest BCUT2D eigenvalue weighted by Gasteiger charge is -2.42. The number of rotatable bonds is 5. The van der Waals surface area contributed by atoms with Crippen LogP contribution in [0.25, 0.3) is 11.1 Å². The third-order valence-corrected chi connectivity index (χ3v) is 6.62. The molecule has 0 saturated heterocycles. The zero-order valence-corrected chi connectivity index (χ0v) is 18.7. The summed E-state index contributed by atoms with van der Waals surface area (Å²) in [6.07, 6.45) is 2.37. The van der Waals surface area contributed by atoms with Gasteiger partial charge in [-0.2, -0.15) is 0 Å². The van der Waals surface area contributed by atoms with Gasteiger partial charge in [0, 0.05) is 5.56 Å². The molecule has 0 spiro atoms. The monoisotopic (exact) mass is 414 g/mol. The average Bonchev–Trinajstić information content (AvgIpc) is 2.76. The van der Waals surface area contributed by atoms with Crippen molar-refractivity contribution in [1.82, 2.24) is 0 Å². The van der Waals surface area contributed by atoms with Crippen LogP contribution in [0.5, 0.6) is 5.75 Å². The molecule has 3 aromatic rings. The molecular weight excluding hydrogens is 384 g/mol. The van der Waals surface area contributed by atoms with Crippen molar-refractivity contribution < 1.29 is 14.6 Å². The van der Waals surface area contributed by atoms with Crippen LogP contribution in [0.3, 0.4) is 0 Å². The van der Waals surface area contributed by atoms with Crippen molar-refractivity contribution in [3.05, 3.63) is 89.0 Å². The Morgan fingerprint density at radius 1 is 0.871 bits per heavy atom. The van der Waals surface area contributed by atoms with E-state index in [-0.39, 0.29) is 16.4 Å². The Kier molecular flexibility index (Phi) is 5.38. The first-order valence-electron chi connectivity index (χ1n) is 10.9. The van der Waals surface area contributed by atoms with Crippen molar-refractivity contribution in [1.29, 1.82) is 0 Å². The highest BCUT2D eigenvalue weighted by atomic mass is 16.5. The second-order valence-corrected chi connectivity index (χ2v) is 9.82. The molecule has 0 aromatic heterocycles. The van der Waals surface area contributed by atoms with Gasteiger partial charge < -0.3 is 9.84 Å². The summed E-state index contributed by atoms with van der Waals surface area (Å²) < 4.78 is 6.23. The molecule has 0 heterocycles. The Balaban J connectivity index is 1.65. The van der Waals surface area contributed by atoms with Gasteiger partial charge in [0.25, 0.3) is 0 Å². The largest absolute Gasteiger partial charge is 0.488 e. The fourth-order valence-electron chi connectivity index (χ4n) is 4.52. The Morgan fingerprint density at radius 2 is 1.55 bits per heavy atom. The van der Waals surface area contributed by atoms with Crippen LogP contribution in [-0.2, 0) is 17.4 Å². The van der Waals surface area contributed by atoms with Gasteiger partial charge in [0.1, 0.15) is 12.4 Å². The smallest absolute Gasteiger partial charge is 0.335 e. The van der Waals surface area contributed by atoms with Crippen LogP contribution in [0.2, 0.25) is 0 Å². The van der Waals surface area contributed by atoms with Crippen molar-refractivity contribution in [2.45, 2.75) is 58.0 Å². The lowest BCUT2D eigenvalue weighted by atomic mass is 9.63. The SMILES string of the molecule is CC1(C)CCC(C)(C)c2cc(COc3ccc(C(=O)O)cc3-c3ccccc3)ccc21. The van der Waals surface area contributed by atoms with E-state index in [1.165, 1.54) is 24.0 Å². The number of carboxylic acid groups (broad SMARTS) is 1. The van der Waals surface area contributed by atoms with Crippen molar-refractivity contribution >= 4 is 5.97 Å². The van der Waals surface area contributed by atoms with Crippen molar-refractivity contribution in [3.8, 4) is 16.9 Å². The van der Waals surface area contributed by atoms with Crippen LogP contribution in [0, 0.1) is 0 Å². The highest BCUT2D eigenvalue weighted by Crippen LogP contribution is 2.46. The van der Waals surface area contributed by atoms with Crippen LogP contribution in [0.4, 0.5) is 0 Å². The maximum Gasteiger partial charge on any atom is 0.335 e. The maximum atomic E-state index is 11.5. The van der Waals surface area contributed by atoms with Gasteiger partial charge in [-0.15, -0.1) is 0 Å². The molecule has 0 bridgehead atoms. The van der Waals surface area contributed by atoms with E-state index in [1.54, 1.807) is 18.2 Å². The van der Waals surface area contributed by atoms with Gasteiger partial charge in [-0.1, -0.05) is 76.2 Å². The third-order valence-electron chi connectivity index (χ3n) is 6.62. The normalized spacial score (nSPS) is 16.4. The molecule has 0 saturated carbocycles. The number of aromatic carboxylic acids is 1. The molecule has 3 heteroatoms. The van der Waals surface area contributed by atoms with E-state index in [0.29, 0.717) is 12.4 Å². The van der Waals surface area contributed by atoms with E-state index in [1.807, 2.05) is 30.3 Å². The third kappa shape index (κ3) is 4.23. The zero-order valence-electron chi connectivity index (χ0n) is 18.7. The minimum atomic E-state index is -0.941. The molecular formula is C28H30O3. The standard InChI is InChI=1S/C28H30O3/c1-27(2)14-15-28(3,4)24-16-19(10-12-23(24)27)18-31-25-13-11-21(26(29)30)17-22(25)20-8-6-5-7-9-20/h5-13,16-17H,14-15,18H2,1-4H3,(H,29,30). The van der Waals surface area contributed by atoms with Crippen LogP contribution < -0.4 is 4.74 Å². The lowest BCUT2D eigenvalue weighted by Crippen LogP contribution is -2.33. The van der Waals surface area contributed by atoms with Gasteiger partial charge in [0.2, 0.25) is 0 Å². The van der Waals surface area contributed by atoms with Crippen molar-refractivity contribution in [2.75, 3.05) is 0 Å². The first kappa shape index (κ1) is 21.2. The van der Waals surface area contributed by atoms with Gasteiger partial charge in [0.05, 0.1) is 5.56 Å². The molecule has 0 unspecified atom stereocenters. The fourth-order valence-corrected chi connectivity index (χ4v) is 4.52. The molecule has 1 aliphatic rings. The van der Waals surface area contributed by atoms with Gasteiger partial charge in [-0.25, -0.2) is 4.79 Å². The number of fused-ring (bicyclic) bond motifs is 1. The second-order valence-electron chi connectivity index (χ2n) is 9.82. The molecule has 4 rings (SSSR count). The average molecular weight is 415 g/mol. The van der Waals surface area contributed by atoms with E-state index < -0.39 is 5.97 Å². The van der Waals surface area contributed by atoms with Gasteiger partial charge in [-0.3, -0.25) is 0 Å². The number of carbonyl (C=O) groups is 1. The molecule has 160 valence electrons. The molecule has 3 aromatic carbocycles. The Bertz CT molecular complexity index is 1110.